The van der Waals surface area contributed by atoms with Gasteiger partial charge in [0.15, 0.2) is 5.69 Å². The van der Waals surface area contributed by atoms with Gasteiger partial charge < -0.3 is 9.47 Å². The van der Waals surface area contributed by atoms with E-state index in [1.807, 2.05) is 0 Å². The van der Waals surface area contributed by atoms with Crippen molar-refractivity contribution in [3.63, 3.8) is 0 Å². The number of rotatable bonds is 4. The Labute approximate surface area is 97.6 Å². The highest BCUT2D eigenvalue weighted by molar-refractivity contribution is 5.88. The molecule has 0 fully saturated rings. The highest BCUT2D eigenvalue weighted by Gasteiger charge is 2.21. The molecule has 0 unspecified atom stereocenters. The molecule has 0 aliphatic carbocycles. The molecule has 0 saturated carbocycles. The lowest BCUT2D eigenvalue weighted by atomic mass is 10.1. The molecule has 0 atom stereocenters. The van der Waals surface area contributed by atoms with Crippen LogP contribution in [-0.2, 0) is 4.74 Å². The number of methoxy groups -OCH3 is 1. The van der Waals surface area contributed by atoms with Gasteiger partial charge in [-0.1, -0.05) is 0 Å². The summed E-state index contributed by atoms with van der Waals surface area (Å²) in [6, 6.07) is 1.16. The number of pyridine rings is 1. The van der Waals surface area contributed by atoms with Gasteiger partial charge in [-0.05, 0) is 13.8 Å². The van der Waals surface area contributed by atoms with Gasteiger partial charge in [-0.3, -0.25) is 0 Å². The van der Waals surface area contributed by atoms with Gasteiger partial charge in [0.2, 0.25) is 0 Å². The van der Waals surface area contributed by atoms with E-state index >= 15 is 0 Å². The summed E-state index contributed by atoms with van der Waals surface area (Å²) in [7, 11) is 1.26. The number of ether oxygens (including phenoxy) is 2. The lowest BCUT2D eigenvalue weighted by Crippen LogP contribution is -2.10. The predicted molar refractivity (Wildman–Crippen MR) is 56.4 cm³/mol. The van der Waals surface area contributed by atoms with Crippen LogP contribution in [0.2, 0.25) is 0 Å². The van der Waals surface area contributed by atoms with Crippen molar-refractivity contribution in [3.8, 4) is 5.75 Å². The minimum atomic E-state index is -2.70. The van der Waals surface area contributed by atoms with Crippen LogP contribution in [0.5, 0.6) is 5.75 Å². The monoisotopic (exact) mass is 245 g/mol. The van der Waals surface area contributed by atoms with E-state index in [0.717, 1.165) is 6.07 Å². The molecule has 1 aromatic heterocycles. The average molecular weight is 245 g/mol. The van der Waals surface area contributed by atoms with Crippen LogP contribution in [-0.4, -0.2) is 24.7 Å². The van der Waals surface area contributed by atoms with E-state index in [9.17, 15) is 13.6 Å². The fourth-order valence-corrected chi connectivity index (χ4v) is 1.40. The van der Waals surface area contributed by atoms with E-state index in [1.165, 1.54) is 14.0 Å². The Morgan fingerprint density at radius 2 is 2.18 bits per heavy atom. The topological polar surface area (TPSA) is 48.4 Å². The number of carbonyl (C=O) groups is 1. The quantitative estimate of drug-likeness (QED) is 0.765. The van der Waals surface area contributed by atoms with Crippen LogP contribution in [0.25, 0.3) is 0 Å². The first-order chi connectivity index (χ1) is 8.01. The van der Waals surface area contributed by atoms with Crippen LogP contribution in [0.4, 0.5) is 8.78 Å². The molecule has 1 heterocycles. The molecule has 0 spiro atoms. The van der Waals surface area contributed by atoms with Gasteiger partial charge in [0, 0.05) is 6.07 Å². The zero-order valence-electron chi connectivity index (χ0n) is 9.79. The highest BCUT2D eigenvalue weighted by Crippen LogP contribution is 2.31. The minimum Gasteiger partial charge on any atom is -0.496 e. The Bertz CT molecular complexity index is 421. The molecular formula is C11H13F2NO3. The molecule has 0 aromatic carbocycles. The van der Waals surface area contributed by atoms with E-state index in [4.69, 9.17) is 9.47 Å². The second kappa shape index (κ2) is 5.56. The molecule has 0 bridgehead atoms. The van der Waals surface area contributed by atoms with Crippen molar-refractivity contribution in [3.05, 3.63) is 23.0 Å². The van der Waals surface area contributed by atoms with Crippen molar-refractivity contribution in [2.24, 2.45) is 0 Å². The van der Waals surface area contributed by atoms with Crippen LogP contribution in [0.15, 0.2) is 6.07 Å². The van der Waals surface area contributed by atoms with Crippen LogP contribution < -0.4 is 4.74 Å². The van der Waals surface area contributed by atoms with Crippen molar-refractivity contribution >= 4 is 5.97 Å². The summed E-state index contributed by atoms with van der Waals surface area (Å²) in [5.41, 5.74) is -0.284. The molecule has 0 saturated heterocycles. The van der Waals surface area contributed by atoms with Gasteiger partial charge in [0.1, 0.15) is 5.75 Å². The zero-order valence-corrected chi connectivity index (χ0v) is 9.79. The molecule has 1 rings (SSSR count). The number of hydrogen-bond donors (Lipinski definition) is 0. The molecule has 94 valence electrons. The number of aromatic nitrogens is 1. The van der Waals surface area contributed by atoms with Gasteiger partial charge in [-0.2, -0.15) is 0 Å². The van der Waals surface area contributed by atoms with Crippen molar-refractivity contribution < 1.29 is 23.0 Å². The van der Waals surface area contributed by atoms with Gasteiger partial charge >= 0.3 is 5.97 Å². The second-order valence-corrected chi connectivity index (χ2v) is 3.23. The van der Waals surface area contributed by atoms with Crippen LogP contribution >= 0.6 is 0 Å². The lowest BCUT2D eigenvalue weighted by Gasteiger charge is -2.11. The molecule has 0 aliphatic heterocycles. The average Bonchev–Trinajstić information content (AvgIpc) is 2.27. The van der Waals surface area contributed by atoms with E-state index in [1.54, 1.807) is 6.92 Å². The number of nitrogens with zero attached hydrogens (tertiary/aromatic N) is 1. The Morgan fingerprint density at radius 3 is 2.65 bits per heavy atom. The van der Waals surface area contributed by atoms with E-state index in [-0.39, 0.29) is 29.3 Å². The molecule has 0 N–H and O–H groups in total. The first kappa shape index (κ1) is 13.3. The summed E-state index contributed by atoms with van der Waals surface area (Å²) in [4.78, 5) is 15.2. The maximum Gasteiger partial charge on any atom is 0.357 e. The molecule has 0 aliphatic rings. The third-order valence-corrected chi connectivity index (χ3v) is 2.13. The van der Waals surface area contributed by atoms with Crippen molar-refractivity contribution in [1.82, 2.24) is 4.98 Å². The number of alkyl halides is 2. The van der Waals surface area contributed by atoms with Crippen molar-refractivity contribution in [2.75, 3.05) is 13.7 Å². The number of halogens is 2. The molecule has 6 heteroatoms. The standard InChI is InChI=1S/C11H13F2NO3/c1-4-17-11(15)7-5-8(16-3)9(10(12)13)6(2)14-7/h5,10H,4H2,1-3H3. The number of aryl methyl sites for hydroxylation is 1. The summed E-state index contributed by atoms with van der Waals surface area (Å²) < 4.78 is 35.0. The maximum atomic E-state index is 12.7. The first-order valence-corrected chi connectivity index (χ1v) is 5.02. The fraction of sp³-hybridized carbons (Fsp3) is 0.455. The molecule has 0 amide bonds. The van der Waals surface area contributed by atoms with Crippen molar-refractivity contribution in [2.45, 2.75) is 20.3 Å². The van der Waals surface area contributed by atoms with Gasteiger partial charge in [0.25, 0.3) is 6.43 Å². The maximum absolute atomic E-state index is 12.7. The zero-order chi connectivity index (χ0) is 13.0. The molecule has 1 aromatic rings. The Hall–Kier alpha value is -1.72. The summed E-state index contributed by atoms with van der Waals surface area (Å²) in [5.74, 6) is -0.717. The number of esters is 1. The molecule has 4 nitrogen and oxygen atoms in total. The van der Waals surface area contributed by atoms with Crippen LogP contribution in [0.1, 0.15) is 35.1 Å². The normalized spacial score (nSPS) is 10.5. The first-order valence-electron chi connectivity index (χ1n) is 5.02. The smallest absolute Gasteiger partial charge is 0.357 e. The summed E-state index contributed by atoms with van der Waals surface area (Å²) in [6.07, 6.45) is -2.70. The van der Waals surface area contributed by atoms with E-state index in [2.05, 4.69) is 4.98 Å². The summed E-state index contributed by atoms with van der Waals surface area (Å²) in [6.45, 7) is 3.24. The number of carbonyl (C=O) groups excluding carboxylic acids is 1. The fourth-order valence-electron chi connectivity index (χ4n) is 1.40. The Morgan fingerprint density at radius 1 is 1.53 bits per heavy atom. The second-order valence-electron chi connectivity index (χ2n) is 3.23. The van der Waals surface area contributed by atoms with Crippen LogP contribution in [0, 0.1) is 6.92 Å². The van der Waals surface area contributed by atoms with E-state index in [0.29, 0.717) is 0 Å². The minimum absolute atomic E-state index is 0.0365. The summed E-state index contributed by atoms with van der Waals surface area (Å²) >= 11 is 0. The Balaban J connectivity index is 3.22. The summed E-state index contributed by atoms with van der Waals surface area (Å²) in [5, 5.41) is 0. The SMILES string of the molecule is CCOC(=O)c1cc(OC)c(C(F)F)c(C)n1. The molecule has 0 radical (unpaired) electrons. The van der Waals surface area contributed by atoms with Gasteiger partial charge in [-0.25, -0.2) is 18.6 Å². The molecule has 17 heavy (non-hydrogen) atoms. The predicted octanol–water partition coefficient (Wildman–Crippen LogP) is 2.51. The largest absolute Gasteiger partial charge is 0.496 e. The van der Waals surface area contributed by atoms with Gasteiger partial charge in [-0.15, -0.1) is 0 Å². The van der Waals surface area contributed by atoms with E-state index < -0.39 is 12.4 Å². The molecular weight excluding hydrogens is 232 g/mol. The Kier molecular flexibility index (Phi) is 4.37. The van der Waals surface area contributed by atoms with Crippen LogP contribution in [0.3, 0.4) is 0 Å². The number of hydrogen-bond acceptors (Lipinski definition) is 4. The third kappa shape index (κ3) is 2.89. The van der Waals surface area contributed by atoms with Crippen molar-refractivity contribution in [1.29, 1.82) is 0 Å². The van der Waals surface area contributed by atoms with Gasteiger partial charge in [0.05, 0.1) is 25.0 Å². The lowest BCUT2D eigenvalue weighted by molar-refractivity contribution is 0.0518. The highest BCUT2D eigenvalue weighted by atomic mass is 19.3. The third-order valence-electron chi connectivity index (χ3n) is 2.13.